The van der Waals surface area contributed by atoms with E-state index in [1.54, 1.807) is 14.2 Å². The second-order valence-corrected chi connectivity index (χ2v) is 5.78. The zero-order valence-electron chi connectivity index (χ0n) is 12.5. The largest absolute Gasteiger partial charge is 0.493 e. The Balaban J connectivity index is 2.47. The summed E-state index contributed by atoms with van der Waals surface area (Å²) in [5, 5.41) is 0.430. The number of methoxy groups -OCH3 is 2. The molecule has 0 aliphatic heterocycles. The van der Waals surface area contributed by atoms with E-state index in [4.69, 9.17) is 32.7 Å². The highest BCUT2D eigenvalue weighted by Gasteiger charge is 2.17. The van der Waals surface area contributed by atoms with E-state index in [-0.39, 0.29) is 5.38 Å². The molecule has 2 aromatic rings. The normalized spacial score (nSPS) is 12.1. The average Bonchev–Trinajstić information content (AvgIpc) is 2.49. The van der Waals surface area contributed by atoms with Crippen LogP contribution < -0.4 is 9.47 Å². The van der Waals surface area contributed by atoms with Crippen LogP contribution in [0.4, 0.5) is 0 Å². The van der Waals surface area contributed by atoms with Gasteiger partial charge in [0.15, 0.2) is 11.5 Å². The molecule has 0 aromatic heterocycles. The maximum absolute atomic E-state index is 6.63. The first-order valence-corrected chi connectivity index (χ1v) is 7.42. The van der Waals surface area contributed by atoms with Crippen molar-refractivity contribution in [3.8, 4) is 11.5 Å². The number of alkyl halides is 1. The van der Waals surface area contributed by atoms with Crippen molar-refractivity contribution in [3.05, 3.63) is 57.6 Å². The van der Waals surface area contributed by atoms with Crippen molar-refractivity contribution < 1.29 is 9.47 Å². The number of hydrogen-bond donors (Lipinski definition) is 0. The van der Waals surface area contributed by atoms with Crippen molar-refractivity contribution in [2.45, 2.75) is 19.2 Å². The number of halogens is 2. The zero-order chi connectivity index (χ0) is 15.6. The van der Waals surface area contributed by atoms with Gasteiger partial charge < -0.3 is 9.47 Å². The Hall–Kier alpha value is -1.38. The van der Waals surface area contributed by atoms with Gasteiger partial charge in [-0.25, -0.2) is 0 Å². The first kappa shape index (κ1) is 16.0. The molecule has 0 aliphatic carbocycles. The molecule has 1 unspecified atom stereocenters. The Kier molecular flexibility index (Phi) is 5.02. The fourth-order valence-corrected chi connectivity index (χ4v) is 2.78. The maximum Gasteiger partial charge on any atom is 0.161 e. The fourth-order valence-electron chi connectivity index (χ4n) is 2.22. The summed E-state index contributed by atoms with van der Waals surface area (Å²) in [5.74, 6) is 1.37. The molecule has 0 saturated carbocycles. The molecule has 0 N–H and O–H groups in total. The first-order chi connectivity index (χ1) is 9.97. The topological polar surface area (TPSA) is 18.5 Å². The standard InChI is InChI=1S/C17H18Cl2O2/c1-10-5-6-12(8-14(10)18)17(19)13-9-16(21-4)15(20-3)7-11(13)2/h5-9,17H,1-4H3. The van der Waals surface area contributed by atoms with Gasteiger partial charge in [-0.05, 0) is 54.3 Å². The molecule has 0 bridgehead atoms. The van der Waals surface area contributed by atoms with Crippen LogP contribution in [0.3, 0.4) is 0 Å². The van der Waals surface area contributed by atoms with Gasteiger partial charge in [-0.3, -0.25) is 0 Å². The Labute approximate surface area is 135 Å². The molecule has 112 valence electrons. The number of ether oxygens (including phenoxy) is 2. The van der Waals surface area contributed by atoms with Crippen LogP contribution >= 0.6 is 23.2 Å². The molecule has 4 heteroatoms. The lowest BCUT2D eigenvalue weighted by atomic mass is 9.98. The third kappa shape index (κ3) is 3.28. The fraction of sp³-hybridized carbons (Fsp3) is 0.294. The van der Waals surface area contributed by atoms with Gasteiger partial charge in [-0.15, -0.1) is 11.6 Å². The Bertz CT molecular complexity index is 653. The smallest absolute Gasteiger partial charge is 0.161 e. The van der Waals surface area contributed by atoms with Crippen LogP contribution in [-0.2, 0) is 0 Å². The van der Waals surface area contributed by atoms with E-state index in [0.29, 0.717) is 11.5 Å². The Morgan fingerprint density at radius 1 is 0.905 bits per heavy atom. The van der Waals surface area contributed by atoms with Gasteiger partial charge in [0.2, 0.25) is 0 Å². The summed E-state index contributed by atoms with van der Waals surface area (Å²) in [6.45, 7) is 3.97. The monoisotopic (exact) mass is 324 g/mol. The van der Waals surface area contributed by atoms with Crippen molar-refractivity contribution in [1.29, 1.82) is 0 Å². The molecule has 0 aliphatic rings. The summed E-state index contributed by atoms with van der Waals surface area (Å²) in [6, 6.07) is 9.72. The predicted octanol–water partition coefficient (Wildman–Crippen LogP) is 5.30. The summed E-state index contributed by atoms with van der Waals surface area (Å²) in [4.78, 5) is 0. The third-order valence-corrected chi connectivity index (χ3v) is 4.43. The highest BCUT2D eigenvalue weighted by Crippen LogP contribution is 2.38. The van der Waals surface area contributed by atoms with E-state index in [1.165, 1.54) is 0 Å². The SMILES string of the molecule is COc1cc(C)c(C(Cl)c2ccc(C)c(Cl)c2)cc1OC. The van der Waals surface area contributed by atoms with Crippen LogP contribution in [-0.4, -0.2) is 14.2 Å². The van der Waals surface area contributed by atoms with Crippen LogP contribution in [0.1, 0.15) is 27.6 Å². The molecule has 1 atom stereocenters. The summed E-state index contributed by atoms with van der Waals surface area (Å²) < 4.78 is 10.7. The van der Waals surface area contributed by atoms with E-state index < -0.39 is 0 Å². The number of benzene rings is 2. The second-order valence-electron chi connectivity index (χ2n) is 4.93. The van der Waals surface area contributed by atoms with Gasteiger partial charge in [0.1, 0.15) is 0 Å². The maximum atomic E-state index is 6.63. The minimum absolute atomic E-state index is 0.289. The minimum Gasteiger partial charge on any atom is -0.493 e. The predicted molar refractivity (Wildman–Crippen MR) is 88.2 cm³/mol. The van der Waals surface area contributed by atoms with Crippen molar-refractivity contribution in [1.82, 2.24) is 0 Å². The quantitative estimate of drug-likeness (QED) is 0.710. The van der Waals surface area contributed by atoms with Gasteiger partial charge in [-0.1, -0.05) is 23.7 Å². The molecule has 21 heavy (non-hydrogen) atoms. The third-order valence-electron chi connectivity index (χ3n) is 3.53. The highest BCUT2D eigenvalue weighted by atomic mass is 35.5. The summed E-state index contributed by atoms with van der Waals surface area (Å²) in [7, 11) is 3.23. The average molecular weight is 325 g/mol. The summed E-state index contributed by atoms with van der Waals surface area (Å²) >= 11 is 12.8. The molecule has 2 aromatic carbocycles. The van der Waals surface area contributed by atoms with E-state index in [2.05, 4.69) is 0 Å². The Morgan fingerprint density at radius 3 is 2.10 bits per heavy atom. The summed E-state index contributed by atoms with van der Waals surface area (Å²) in [5.41, 5.74) is 4.02. The molecule has 2 nitrogen and oxygen atoms in total. The van der Waals surface area contributed by atoms with E-state index in [9.17, 15) is 0 Å². The molecule has 0 spiro atoms. The highest BCUT2D eigenvalue weighted by molar-refractivity contribution is 6.31. The van der Waals surface area contributed by atoms with Crippen LogP contribution in [0, 0.1) is 13.8 Å². The number of aryl methyl sites for hydroxylation is 2. The molecular formula is C17H18Cl2O2. The first-order valence-electron chi connectivity index (χ1n) is 6.60. The summed E-state index contributed by atoms with van der Waals surface area (Å²) in [6.07, 6.45) is 0. The lowest BCUT2D eigenvalue weighted by Gasteiger charge is -2.17. The van der Waals surface area contributed by atoms with Crippen LogP contribution in [0.2, 0.25) is 5.02 Å². The van der Waals surface area contributed by atoms with E-state index >= 15 is 0 Å². The zero-order valence-corrected chi connectivity index (χ0v) is 14.0. The Morgan fingerprint density at radius 2 is 1.52 bits per heavy atom. The molecule has 2 rings (SSSR count). The van der Waals surface area contributed by atoms with Gasteiger partial charge in [0.05, 0.1) is 19.6 Å². The second kappa shape index (κ2) is 6.59. The van der Waals surface area contributed by atoms with E-state index in [1.807, 2.05) is 44.2 Å². The van der Waals surface area contributed by atoms with Gasteiger partial charge in [-0.2, -0.15) is 0 Å². The lowest BCUT2D eigenvalue weighted by Crippen LogP contribution is -2.00. The van der Waals surface area contributed by atoms with Crippen LogP contribution in [0.25, 0.3) is 0 Å². The molecule has 0 heterocycles. The molecule has 0 radical (unpaired) electrons. The van der Waals surface area contributed by atoms with E-state index in [0.717, 1.165) is 27.3 Å². The van der Waals surface area contributed by atoms with Crippen LogP contribution in [0.15, 0.2) is 30.3 Å². The van der Waals surface area contributed by atoms with Crippen molar-refractivity contribution in [2.24, 2.45) is 0 Å². The number of hydrogen-bond acceptors (Lipinski definition) is 2. The van der Waals surface area contributed by atoms with Crippen molar-refractivity contribution in [3.63, 3.8) is 0 Å². The minimum atomic E-state index is -0.289. The van der Waals surface area contributed by atoms with Crippen molar-refractivity contribution in [2.75, 3.05) is 14.2 Å². The van der Waals surface area contributed by atoms with Crippen LogP contribution in [0.5, 0.6) is 11.5 Å². The molecule has 0 fully saturated rings. The molecular weight excluding hydrogens is 307 g/mol. The molecule has 0 saturated heterocycles. The van der Waals surface area contributed by atoms with Gasteiger partial charge in [0, 0.05) is 5.02 Å². The lowest BCUT2D eigenvalue weighted by molar-refractivity contribution is 0.354. The van der Waals surface area contributed by atoms with Gasteiger partial charge in [0.25, 0.3) is 0 Å². The molecule has 0 amide bonds. The van der Waals surface area contributed by atoms with Gasteiger partial charge >= 0.3 is 0 Å². The number of rotatable bonds is 4. The van der Waals surface area contributed by atoms with Crippen molar-refractivity contribution >= 4 is 23.2 Å².